The van der Waals surface area contributed by atoms with Crippen LogP contribution in [0.4, 0.5) is 5.69 Å². The van der Waals surface area contributed by atoms with Crippen molar-refractivity contribution in [2.45, 2.75) is 20.0 Å². The SMILES string of the molecule is CCCOc1ccc(C(=O)NC(=S)Nc2ccc(-c3ccc(CO)o3)c(OC)c2)cc1. The van der Waals surface area contributed by atoms with E-state index in [-0.39, 0.29) is 17.6 Å². The number of thiocarbonyl (C=S) groups is 1. The summed E-state index contributed by atoms with van der Waals surface area (Å²) in [6.45, 7) is 2.48. The number of nitrogens with one attached hydrogen (secondary N) is 2. The van der Waals surface area contributed by atoms with E-state index in [9.17, 15) is 9.90 Å². The third kappa shape index (κ3) is 5.84. The summed E-state index contributed by atoms with van der Waals surface area (Å²) in [5.41, 5.74) is 1.84. The van der Waals surface area contributed by atoms with Gasteiger partial charge in [0, 0.05) is 17.3 Å². The molecule has 0 saturated heterocycles. The molecule has 0 unspecified atom stereocenters. The number of rotatable bonds is 8. The van der Waals surface area contributed by atoms with E-state index < -0.39 is 0 Å². The van der Waals surface area contributed by atoms with Crippen LogP contribution in [0.1, 0.15) is 29.5 Å². The summed E-state index contributed by atoms with van der Waals surface area (Å²) < 4.78 is 16.5. The Morgan fingerprint density at radius 1 is 1.13 bits per heavy atom. The highest BCUT2D eigenvalue weighted by molar-refractivity contribution is 7.80. The first-order valence-corrected chi connectivity index (χ1v) is 10.2. The highest BCUT2D eigenvalue weighted by Crippen LogP contribution is 2.33. The molecule has 2 aromatic carbocycles. The Kier molecular flexibility index (Phi) is 7.64. The van der Waals surface area contributed by atoms with Crippen LogP contribution < -0.4 is 20.1 Å². The number of amides is 1. The number of aliphatic hydroxyl groups is 1. The molecule has 0 aliphatic carbocycles. The summed E-state index contributed by atoms with van der Waals surface area (Å²) in [4.78, 5) is 12.4. The van der Waals surface area contributed by atoms with Crippen LogP contribution in [0.2, 0.25) is 0 Å². The van der Waals surface area contributed by atoms with Crippen LogP contribution in [0.3, 0.4) is 0 Å². The third-order valence-corrected chi connectivity index (χ3v) is 4.56. The van der Waals surface area contributed by atoms with Gasteiger partial charge < -0.3 is 24.3 Å². The molecule has 0 saturated carbocycles. The Morgan fingerprint density at radius 2 is 1.90 bits per heavy atom. The second kappa shape index (κ2) is 10.6. The highest BCUT2D eigenvalue weighted by atomic mass is 32.1. The second-order valence-corrected chi connectivity index (χ2v) is 7.03. The molecule has 0 spiro atoms. The lowest BCUT2D eigenvalue weighted by Crippen LogP contribution is -2.34. The van der Waals surface area contributed by atoms with Crippen molar-refractivity contribution in [3.05, 3.63) is 65.9 Å². The lowest BCUT2D eigenvalue weighted by molar-refractivity contribution is 0.0977. The van der Waals surface area contributed by atoms with E-state index in [4.69, 9.17) is 26.1 Å². The van der Waals surface area contributed by atoms with Crippen molar-refractivity contribution in [1.82, 2.24) is 5.32 Å². The van der Waals surface area contributed by atoms with E-state index in [0.29, 0.717) is 40.9 Å². The van der Waals surface area contributed by atoms with Gasteiger partial charge in [-0.25, -0.2) is 0 Å². The molecule has 3 rings (SSSR count). The molecule has 0 bridgehead atoms. The van der Waals surface area contributed by atoms with Crippen molar-refractivity contribution >= 4 is 28.9 Å². The van der Waals surface area contributed by atoms with Crippen molar-refractivity contribution in [2.75, 3.05) is 19.0 Å². The maximum absolute atomic E-state index is 12.4. The fourth-order valence-electron chi connectivity index (χ4n) is 2.84. The minimum absolute atomic E-state index is 0.159. The van der Waals surface area contributed by atoms with E-state index in [2.05, 4.69) is 10.6 Å². The molecule has 31 heavy (non-hydrogen) atoms. The Hall–Kier alpha value is -3.36. The number of furan rings is 1. The van der Waals surface area contributed by atoms with Crippen molar-refractivity contribution in [1.29, 1.82) is 0 Å². The molecule has 7 nitrogen and oxygen atoms in total. The van der Waals surface area contributed by atoms with E-state index in [1.807, 2.05) is 6.92 Å². The number of anilines is 1. The number of carbonyl (C=O) groups is 1. The number of hydrogen-bond donors (Lipinski definition) is 3. The summed E-state index contributed by atoms with van der Waals surface area (Å²) >= 11 is 5.27. The van der Waals surface area contributed by atoms with Gasteiger partial charge in [-0.2, -0.15) is 0 Å². The second-order valence-electron chi connectivity index (χ2n) is 6.62. The fourth-order valence-corrected chi connectivity index (χ4v) is 3.05. The van der Waals surface area contributed by atoms with Gasteiger partial charge in [-0.15, -0.1) is 0 Å². The molecule has 3 N–H and O–H groups in total. The highest BCUT2D eigenvalue weighted by Gasteiger charge is 2.13. The quantitative estimate of drug-likeness (QED) is 0.448. The zero-order chi connectivity index (χ0) is 22.2. The minimum atomic E-state index is -0.324. The van der Waals surface area contributed by atoms with Gasteiger partial charge in [0.1, 0.15) is 29.6 Å². The molecule has 3 aromatic rings. The van der Waals surface area contributed by atoms with Crippen LogP contribution in [0.25, 0.3) is 11.3 Å². The Balaban J connectivity index is 1.63. The number of methoxy groups -OCH3 is 1. The van der Waals surface area contributed by atoms with Crippen molar-refractivity contribution in [3.8, 4) is 22.8 Å². The Labute approximate surface area is 186 Å². The number of carbonyl (C=O) groups excluding carboxylic acids is 1. The molecule has 162 valence electrons. The van der Waals surface area contributed by atoms with Gasteiger partial charge in [0.15, 0.2) is 5.11 Å². The molecule has 8 heteroatoms. The first kappa shape index (κ1) is 22.3. The normalized spacial score (nSPS) is 10.4. The zero-order valence-corrected chi connectivity index (χ0v) is 18.1. The van der Waals surface area contributed by atoms with Gasteiger partial charge in [0.05, 0.1) is 19.3 Å². The zero-order valence-electron chi connectivity index (χ0n) is 17.3. The molecule has 0 atom stereocenters. The topological polar surface area (TPSA) is 93.0 Å². The van der Waals surface area contributed by atoms with Crippen LogP contribution in [-0.2, 0) is 6.61 Å². The van der Waals surface area contributed by atoms with Gasteiger partial charge in [-0.05, 0) is 67.2 Å². The third-order valence-electron chi connectivity index (χ3n) is 4.36. The number of aliphatic hydroxyl groups excluding tert-OH is 1. The predicted octanol–water partition coefficient (Wildman–Crippen LogP) is 4.36. The molecule has 0 aliphatic heterocycles. The fraction of sp³-hybridized carbons (Fsp3) is 0.217. The van der Waals surface area contributed by atoms with E-state index in [0.717, 1.165) is 12.0 Å². The standard InChI is InChI=1S/C23H24N2O5S/c1-3-12-29-17-7-4-15(5-8-17)22(27)25-23(31)24-16-6-10-19(21(13-16)28-2)20-11-9-18(14-26)30-20/h4-11,13,26H,3,12,14H2,1-2H3,(H2,24,25,27,31). The van der Waals surface area contributed by atoms with E-state index in [1.54, 1.807) is 61.7 Å². The summed E-state index contributed by atoms with van der Waals surface area (Å²) in [5.74, 6) is 1.99. The van der Waals surface area contributed by atoms with Crippen molar-refractivity contribution < 1.29 is 23.8 Å². The number of benzene rings is 2. The molecule has 0 aliphatic rings. The average Bonchev–Trinajstić information content (AvgIpc) is 3.27. The molecule has 0 fully saturated rings. The molecule has 1 amide bonds. The monoisotopic (exact) mass is 440 g/mol. The lowest BCUT2D eigenvalue weighted by Gasteiger charge is -2.13. The van der Waals surface area contributed by atoms with E-state index in [1.165, 1.54) is 0 Å². The Bertz CT molecular complexity index is 1050. The van der Waals surface area contributed by atoms with Gasteiger partial charge >= 0.3 is 0 Å². The van der Waals surface area contributed by atoms with Gasteiger partial charge in [-0.1, -0.05) is 6.92 Å². The first-order valence-electron chi connectivity index (χ1n) is 9.77. The average molecular weight is 441 g/mol. The van der Waals surface area contributed by atoms with E-state index >= 15 is 0 Å². The van der Waals surface area contributed by atoms with Gasteiger partial charge in [-0.3, -0.25) is 10.1 Å². The molecular formula is C23H24N2O5S. The van der Waals surface area contributed by atoms with Crippen LogP contribution in [0.5, 0.6) is 11.5 Å². The van der Waals surface area contributed by atoms with Crippen LogP contribution in [0.15, 0.2) is 59.0 Å². The minimum Gasteiger partial charge on any atom is -0.496 e. The maximum atomic E-state index is 12.4. The molecule has 1 aromatic heterocycles. The molecular weight excluding hydrogens is 416 g/mol. The summed E-state index contributed by atoms with van der Waals surface area (Å²) in [6, 6.07) is 15.7. The first-order chi connectivity index (χ1) is 15.0. The number of ether oxygens (including phenoxy) is 2. The largest absolute Gasteiger partial charge is 0.496 e. The molecule has 0 radical (unpaired) electrons. The summed E-state index contributed by atoms with van der Waals surface area (Å²) in [7, 11) is 1.55. The van der Waals surface area contributed by atoms with Gasteiger partial charge in [0.25, 0.3) is 5.91 Å². The van der Waals surface area contributed by atoms with Crippen molar-refractivity contribution in [3.63, 3.8) is 0 Å². The summed E-state index contributed by atoms with van der Waals surface area (Å²) in [6.07, 6.45) is 0.916. The Morgan fingerprint density at radius 3 is 2.55 bits per heavy atom. The van der Waals surface area contributed by atoms with Crippen LogP contribution in [0, 0.1) is 0 Å². The van der Waals surface area contributed by atoms with Crippen molar-refractivity contribution in [2.24, 2.45) is 0 Å². The predicted molar refractivity (Wildman–Crippen MR) is 123 cm³/mol. The van der Waals surface area contributed by atoms with Crippen LogP contribution >= 0.6 is 12.2 Å². The van der Waals surface area contributed by atoms with Crippen LogP contribution in [-0.4, -0.2) is 29.8 Å². The number of hydrogen-bond acceptors (Lipinski definition) is 6. The summed E-state index contributed by atoms with van der Waals surface area (Å²) in [5, 5.41) is 15.0. The van der Waals surface area contributed by atoms with Gasteiger partial charge in [0.2, 0.25) is 0 Å². The lowest BCUT2D eigenvalue weighted by atomic mass is 10.1. The molecule has 1 heterocycles. The smallest absolute Gasteiger partial charge is 0.257 e. The maximum Gasteiger partial charge on any atom is 0.257 e.